The van der Waals surface area contributed by atoms with Gasteiger partial charge in [0.15, 0.2) is 11.6 Å². The van der Waals surface area contributed by atoms with Crippen LogP contribution in [-0.2, 0) is 21.5 Å². The van der Waals surface area contributed by atoms with E-state index >= 15 is 0 Å². The Morgan fingerprint density at radius 2 is 1.83 bits per heavy atom. The summed E-state index contributed by atoms with van der Waals surface area (Å²) >= 11 is 0. The highest BCUT2D eigenvalue weighted by Gasteiger charge is 2.46. The Balaban J connectivity index is 1.86. The second-order valence-electron chi connectivity index (χ2n) is 9.51. The van der Waals surface area contributed by atoms with Gasteiger partial charge >= 0.3 is 0 Å². The monoisotopic (exact) mass is 474 g/mol. The van der Waals surface area contributed by atoms with E-state index in [0.29, 0.717) is 5.56 Å². The van der Waals surface area contributed by atoms with Crippen LogP contribution in [0.2, 0.25) is 0 Å². The summed E-state index contributed by atoms with van der Waals surface area (Å²) in [6, 6.07) is 14.2. The summed E-state index contributed by atoms with van der Waals surface area (Å²) in [5.41, 5.74) is 2.39. The Morgan fingerprint density at radius 3 is 2.40 bits per heavy atom. The molecule has 0 bridgehead atoms. The number of rotatable bonds is 5. The molecule has 1 saturated heterocycles. The van der Waals surface area contributed by atoms with E-state index in [-0.39, 0.29) is 28.8 Å². The van der Waals surface area contributed by atoms with E-state index in [1.54, 1.807) is 18.5 Å². The molecule has 1 unspecified atom stereocenters. The van der Waals surface area contributed by atoms with E-state index in [1.165, 1.54) is 24.1 Å². The van der Waals surface area contributed by atoms with Crippen LogP contribution in [0.15, 0.2) is 72.6 Å². The standard InChI is InChI=1S/C28H27FN2O4/c1-28(2,3)20-10-7-18(8-11-20)24-23(25(32)19-9-12-22(35-4)21(29)14-19)26(33)27(34)31(24)16-17-6-5-13-30-15-17/h5-15,24,32H,16H2,1-4H3/b25-23+. The van der Waals surface area contributed by atoms with Gasteiger partial charge in [-0.15, -0.1) is 0 Å². The van der Waals surface area contributed by atoms with E-state index in [4.69, 9.17) is 4.74 Å². The summed E-state index contributed by atoms with van der Waals surface area (Å²) in [6.45, 7) is 6.40. The van der Waals surface area contributed by atoms with Gasteiger partial charge in [0.25, 0.3) is 11.7 Å². The molecule has 1 aliphatic heterocycles. The molecule has 1 aliphatic rings. The Bertz CT molecular complexity index is 1290. The minimum atomic E-state index is -0.852. The van der Waals surface area contributed by atoms with E-state index in [0.717, 1.165) is 17.2 Å². The predicted octanol–water partition coefficient (Wildman–Crippen LogP) is 5.15. The molecule has 180 valence electrons. The SMILES string of the molecule is COc1ccc(/C(O)=C2\C(=O)C(=O)N(Cc3cccnc3)C2c2ccc(C(C)(C)C)cc2)cc1F. The van der Waals surface area contributed by atoms with Gasteiger partial charge in [0.2, 0.25) is 0 Å². The summed E-state index contributed by atoms with van der Waals surface area (Å²) < 4.78 is 19.3. The number of carbonyl (C=O) groups is 2. The zero-order valence-corrected chi connectivity index (χ0v) is 20.1. The number of nitrogens with zero attached hydrogens (tertiary/aromatic N) is 2. The average molecular weight is 475 g/mol. The molecule has 0 radical (unpaired) electrons. The molecular weight excluding hydrogens is 447 g/mol. The van der Waals surface area contributed by atoms with Crippen molar-refractivity contribution in [1.82, 2.24) is 9.88 Å². The molecule has 1 fully saturated rings. The lowest BCUT2D eigenvalue weighted by Crippen LogP contribution is -2.29. The fourth-order valence-electron chi connectivity index (χ4n) is 4.21. The number of ketones is 1. The Labute approximate surface area is 203 Å². The predicted molar refractivity (Wildman–Crippen MR) is 130 cm³/mol. The van der Waals surface area contributed by atoms with Crippen LogP contribution in [0.3, 0.4) is 0 Å². The van der Waals surface area contributed by atoms with Crippen LogP contribution in [0.4, 0.5) is 4.39 Å². The van der Waals surface area contributed by atoms with Crippen molar-refractivity contribution in [2.24, 2.45) is 0 Å². The first-order valence-corrected chi connectivity index (χ1v) is 11.2. The third-order valence-corrected chi connectivity index (χ3v) is 6.13. The van der Waals surface area contributed by atoms with Crippen molar-refractivity contribution in [2.45, 2.75) is 38.8 Å². The van der Waals surface area contributed by atoms with Crippen molar-refractivity contribution >= 4 is 17.4 Å². The van der Waals surface area contributed by atoms with Crippen LogP contribution in [0.5, 0.6) is 5.75 Å². The molecule has 4 rings (SSSR count). The second kappa shape index (κ2) is 9.33. The van der Waals surface area contributed by atoms with Gasteiger partial charge < -0.3 is 14.7 Å². The van der Waals surface area contributed by atoms with Crippen molar-refractivity contribution in [1.29, 1.82) is 0 Å². The molecule has 6 nitrogen and oxygen atoms in total. The highest BCUT2D eigenvalue weighted by Crippen LogP contribution is 2.41. The van der Waals surface area contributed by atoms with Crippen molar-refractivity contribution in [3.63, 3.8) is 0 Å². The highest BCUT2D eigenvalue weighted by molar-refractivity contribution is 6.46. The first-order valence-electron chi connectivity index (χ1n) is 11.2. The largest absolute Gasteiger partial charge is 0.507 e. The summed E-state index contributed by atoms with van der Waals surface area (Å²) in [5.74, 6) is -2.69. The minimum Gasteiger partial charge on any atom is -0.507 e. The zero-order valence-electron chi connectivity index (χ0n) is 20.1. The van der Waals surface area contributed by atoms with E-state index < -0.39 is 29.3 Å². The number of amides is 1. The third kappa shape index (κ3) is 4.67. The van der Waals surface area contributed by atoms with Gasteiger partial charge in [-0.1, -0.05) is 51.1 Å². The number of hydrogen-bond donors (Lipinski definition) is 1. The van der Waals surface area contributed by atoms with E-state index in [1.807, 2.05) is 30.3 Å². The molecule has 3 aromatic rings. The molecule has 1 aromatic heterocycles. The number of aromatic nitrogens is 1. The van der Waals surface area contributed by atoms with Crippen LogP contribution in [0.1, 0.15) is 49.1 Å². The number of Topliss-reactive ketones (excluding diaryl/α,β-unsaturated/α-hetero) is 1. The summed E-state index contributed by atoms with van der Waals surface area (Å²) in [7, 11) is 1.34. The molecule has 2 aromatic carbocycles. The van der Waals surface area contributed by atoms with Gasteiger partial charge in [-0.25, -0.2) is 4.39 Å². The first kappa shape index (κ1) is 24.1. The number of pyridine rings is 1. The number of likely N-dealkylation sites (tertiary alicyclic amines) is 1. The Hall–Kier alpha value is -4.00. The van der Waals surface area contributed by atoms with Crippen molar-refractivity contribution in [3.05, 3.63) is 101 Å². The summed E-state index contributed by atoms with van der Waals surface area (Å²) in [4.78, 5) is 31.9. The van der Waals surface area contributed by atoms with Gasteiger partial charge in [0, 0.05) is 24.5 Å². The van der Waals surface area contributed by atoms with Crippen LogP contribution < -0.4 is 4.74 Å². The lowest BCUT2D eigenvalue weighted by Gasteiger charge is -2.26. The molecule has 0 saturated carbocycles. The number of carbonyl (C=O) groups excluding carboxylic acids is 2. The van der Waals surface area contributed by atoms with Crippen LogP contribution in [0, 0.1) is 5.82 Å². The summed E-state index contributed by atoms with van der Waals surface area (Å²) in [5, 5.41) is 11.2. The number of benzene rings is 2. The van der Waals surface area contributed by atoms with Crippen molar-refractivity contribution in [3.8, 4) is 5.75 Å². The van der Waals surface area contributed by atoms with Gasteiger partial charge in [-0.05, 0) is 46.4 Å². The second-order valence-corrected chi connectivity index (χ2v) is 9.51. The Kier molecular flexibility index (Phi) is 6.43. The van der Waals surface area contributed by atoms with Crippen molar-refractivity contribution < 1.29 is 23.8 Å². The lowest BCUT2D eigenvalue weighted by atomic mass is 9.85. The maximum absolute atomic E-state index is 14.4. The van der Waals surface area contributed by atoms with E-state index in [9.17, 15) is 19.1 Å². The maximum atomic E-state index is 14.4. The molecule has 0 spiro atoms. The van der Waals surface area contributed by atoms with Gasteiger partial charge in [-0.3, -0.25) is 14.6 Å². The molecule has 7 heteroatoms. The number of halogens is 1. The van der Waals surface area contributed by atoms with Crippen LogP contribution in [0.25, 0.3) is 5.76 Å². The minimum absolute atomic E-state index is 0.00731. The van der Waals surface area contributed by atoms with E-state index in [2.05, 4.69) is 25.8 Å². The number of methoxy groups -OCH3 is 1. The quantitative estimate of drug-likeness (QED) is 0.314. The topological polar surface area (TPSA) is 79.7 Å². The molecule has 35 heavy (non-hydrogen) atoms. The molecule has 2 heterocycles. The lowest BCUT2D eigenvalue weighted by molar-refractivity contribution is -0.140. The zero-order chi connectivity index (χ0) is 25.3. The molecule has 1 N–H and O–H groups in total. The number of aliphatic hydroxyl groups is 1. The first-order chi connectivity index (χ1) is 16.6. The van der Waals surface area contributed by atoms with Gasteiger partial charge in [0.05, 0.1) is 18.7 Å². The Morgan fingerprint density at radius 1 is 1.11 bits per heavy atom. The number of ether oxygens (including phenoxy) is 1. The van der Waals surface area contributed by atoms with Crippen molar-refractivity contribution in [2.75, 3.05) is 7.11 Å². The smallest absolute Gasteiger partial charge is 0.295 e. The molecule has 1 atom stereocenters. The third-order valence-electron chi connectivity index (χ3n) is 6.13. The van der Waals surface area contributed by atoms with Crippen LogP contribution >= 0.6 is 0 Å². The van der Waals surface area contributed by atoms with Gasteiger partial charge in [-0.2, -0.15) is 0 Å². The van der Waals surface area contributed by atoms with Crippen LogP contribution in [-0.4, -0.2) is 33.8 Å². The fraction of sp³-hybridized carbons (Fsp3) is 0.250. The summed E-state index contributed by atoms with van der Waals surface area (Å²) in [6.07, 6.45) is 3.25. The number of hydrogen-bond acceptors (Lipinski definition) is 5. The normalized spacial score (nSPS) is 17.6. The molecule has 1 amide bonds. The average Bonchev–Trinajstić information content (AvgIpc) is 3.08. The highest BCUT2D eigenvalue weighted by atomic mass is 19.1. The molecule has 0 aliphatic carbocycles. The molecular formula is C28H27FN2O4. The number of aliphatic hydroxyl groups excluding tert-OH is 1. The van der Waals surface area contributed by atoms with Gasteiger partial charge in [0.1, 0.15) is 5.76 Å². The fourth-order valence-corrected chi connectivity index (χ4v) is 4.21. The maximum Gasteiger partial charge on any atom is 0.295 e.